The number of benzene rings is 2. The molecule has 0 spiro atoms. The van der Waals surface area contributed by atoms with Gasteiger partial charge in [-0.05, 0) is 61.7 Å². The third kappa shape index (κ3) is 6.11. The molecule has 0 bridgehead atoms. The van der Waals surface area contributed by atoms with Gasteiger partial charge in [0.1, 0.15) is 0 Å². The average molecular weight is 507 g/mol. The number of hydrogen-bond acceptors (Lipinski definition) is 7. The van der Waals surface area contributed by atoms with Crippen molar-refractivity contribution >= 4 is 23.7 Å². The molecular formula is C27H30N4O4S. The first kappa shape index (κ1) is 26.9. The summed E-state index contributed by atoms with van der Waals surface area (Å²) in [4.78, 5) is 30.3. The second kappa shape index (κ2) is 12.9. The molecule has 8 nitrogen and oxygen atoms in total. The lowest BCUT2D eigenvalue weighted by Gasteiger charge is -2.32. The maximum Gasteiger partial charge on any atom is 0.336 e. The predicted molar refractivity (Wildman–Crippen MR) is 140 cm³/mol. The zero-order chi connectivity index (χ0) is 26.1. The molecule has 1 N–H and O–H groups in total. The fraction of sp³-hybridized carbons (Fsp3) is 0.333. The molecule has 0 aliphatic carbocycles. The monoisotopic (exact) mass is 506 g/mol. The molecule has 188 valence electrons. The number of carbonyl (C=O) groups excluding carboxylic acids is 2. The molecule has 0 saturated carbocycles. The fourth-order valence-corrected chi connectivity index (χ4v) is 4.86. The van der Waals surface area contributed by atoms with Crippen LogP contribution < -0.4 is 5.32 Å². The third-order valence-corrected chi connectivity index (χ3v) is 6.74. The molecule has 36 heavy (non-hydrogen) atoms. The second-order valence-electron chi connectivity index (χ2n) is 8.15. The molecule has 0 radical (unpaired) electrons. The zero-order valence-electron chi connectivity index (χ0n) is 20.9. The van der Waals surface area contributed by atoms with E-state index in [0.717, 1.165) is 16.0 Å². The van der Waals surface area contributed by atoms with E-state index in [1.54, 1.807) is 25.6 Å². The van der Waals surface area contributed by atoms with E-state index in [1.807, 2.05) is 60.9 Å². The molecule has 1 aliphatic heterocycles. The van der Waals surface area contributed by atoms with E-state index in [2.05, 4.69) is 15.3 Å². The van der Waals surface area contributed by atoms with Crippen LogP contribution in [-0.2, 0) is 19.1 Å². The summed E-state index contributed by atoms with van der Waals surface area (Å²) in [6.45, 7) is 3.73. The van der Waals surface area contributed by atoms with Crippen molar-refractivity contribution in [2.45, 2.75) is 43.5 Å². The Hall–Kier alpha value is -3.68. The van der Waals surface area contributed by atoms with Gasteiger partial charge >= 0.3 is 11.9 Å². The van der Waals surface area contributed by atoms with E-state index in [9.17, 15) is 9.59 Å². The van der Waals surface area contributed by atoms with E-state index in [4.69, 9.17) is 15.0 Å². The Kier molecular flexibility index (Phi) is 9.61. The van der Waals surface area contributed by atoms with Crippen molar-refractivity contribution in [3.05, 3.63) is 98.7 Å². The van der Waals surface area contributed by atoms with Gasteiger partial charge in [0.25, 0.3) is 0 Å². The van der Waals surface area contributed by atoms with E-state index in [-0.39, 0.29) is 6.61 Å². The first-order valence-corrected chi connectivity index (χ1v) is 12.9. The Bertz CT molecular complexity index is 1220. The van der Waals surface area contributed by atoms with Crippen molar-refractivity contribution in [3.8, 4) is 0 Å². The minimum atomic E-state index is -0.672. The summed E-state index contributed by atoms with van der Waals surface area (Å²) in [6, 6.07) is 16.8. The van der Waals surface area contributed by atoms with Crippen LogP contribution in [0.1, 0.15) is 49.8 Å². The van der Waals surface area contributed by atoms with Gasteiger partial charge in [-0.2, -0.15) is 0 Å². The molecule has 1 aliphatic rings. The topological polar surface area (TPSA) is 113 Å². The van der Waals surface area contributed by atoms with E-state index >= 15 is 0 Å². The quantitative estimate of drug-likeness (QED) is 0.135. The molecule has 0 amide bonds. The second-order valence-corrected chi connectivity index (χ2v) is 9.03. The molecule has 3 rings (SSSR count). The highest BCUT2D eigenvalue weighted by Crippen LogP contribution is 2.41. The van der Waals surface area contributed by atoms with Crippen LogP contribution in [-0.4, -0.2) is 31.9 Å². The number of azide groups is 1. The zero-order valence-corrected chi connectivity index (χ0v) is 21.7. The van der Waals surface area contributed by atoms with E-state index in [1.165, 1.54) is 7.11 Å². The molecule has 0 saturated heterocycles. The summed E-state index contributed by atoms with van der Waals surface area (Å²) in [5.74, 6) is -1.69. The number of carbonyl (C=O) groups is 2. The van der Waals surface area contributed by atoms with Crippen LogP contribution in [0.4, 0.5) is 0 Å². The normalized spacial score (nSPS) is 16.1. The minimum Gasteiger partial charge on any atom is -0.466 e. The van der Waals surface area contributed by atoms with Gasteiger partial charge in [-0.25, -0.2) is 9.59 Å². The number of methoxy groups -OCH3 is 1. The molecule has 2 unspecified atom stereocenters. The lowest BCUT2D eigenvalue weighted by atomic mass is 9.79. The molecule has 9 heteroatoms. The van der Waals surface area contributed by atoms with Crippen LogP contribution in [0.25, 0.3) is 10.4 Å². The van der Waals surface area contributed by atoms with E-state index < -0.39 is 23.9 Å². The fourth-order valence-electron chi connectivity index (χ4n) is 4.39. The lowest BCUT2D eigenvalue weighted by Crippen LogP contribution is -2.33. The third-order valence-electron chi connectivity index (χ3n) is 6.02. The van der Waals surface area contributed by atoms with Crippen molar-refractivity contribution in [1.29, 1.82) is 0 Å². The number of hydrogen-bond donors (Lipinski definition) is 1. The van der Waals surface area contributed by atoms with Crippen LogP contribution >= 0.6 is 11.8 Å². The Morgan fingerprint density at radius 2 is 1.89 bits per heavy atom. The molecule has 2 aromatic rings. The molecule has 0 fully saturated rings. The summed E-state index contributed by atoms with van der Waals surface area (Å²) < 4.78 is 10.6. The van der Waals surface area contributed by atoms with Gasteiger partial charge in [0.15, 0.2) is 0 Å². The van der Waals surface area contributed by atoms with Crippen LogP contribution in [0, 0.1) is 0 Å². The number of ether oxygens (including phenoxy) is 2. The smallest absolute Gasteiger partial charge is 0.336 e. The maximum atomic E-state index is 13.4. The summed E-state index contributed by atoms with van der Waals surface area (Å²) in [5, 5.41) is 7.25. The highest BCUT2D eigenvalue weighted by molar-refractivity contribution is 7.98. The highest BCUT2D eigenvalue weighted by atomic mass is 32.2. The first-order valence-electron chi connectivity index (χ1n) is 11.6. The van der Waals surface area contributed by atoms with Crippen molar-refractivity contribution in [3.63, 3.8) is 0 Å². The lowest BCUT2D eigenvalue weighted by molar-refractivity contribution is -0.139. The number of nitrogens with zero attached hydrogens (tertiary/aromatic N) is 3. The van der Waals surface area contributed by atoms with Crippen molar-refractivity contribution in [2.24, 2.45) is 5.11 Å². The summed E-state index contributed by atoms with van der Waals surface area (Å²) in [7, 11) is 1.33. The largest absolute Gasteiger partial charge is 0.466 e. The van der Waals surface area contributed by atoms with E-state index in [0.29, 0.717) is 35.4 Å². The predicted octanol–water partition coefficient (Wildman–Crippen LogP) is 6.19. The number of allylic oxidation sites excluding steroid dienone is 2. The Morgan fingerprint density at radius 3 is 2.53 bits per heavy atom. The Balaban J connectivity index is 2.13. The molecule has 1 heterocycles. The molecule has 2 atom stereocenters. The molecular weight excluding hydrogens is 476 g/mol. The standard InChI is InChI=1S/C27H30N4O4S/c1-5-35-27(33)25-22(15-14-21(30-31-28)18-10-7-6-8-11-18)29-17(2)23(26(32)34-3)24(25)19-12-9-13-20(16-19)36-4/h6-13,16,21,24,29H,5,14-15H2,1-4H3. The maximum absolute atomic E-state index is 13.4. The van der Waals surface area contributed by atoms with Gasteiger partial charge in [0.05, 0.1) is 36.8 Å². The Labute approximate surface area is 215 Å². The summed E-state index contributed by atoms with van der Waals surface area (Å²) in [6.07, 6.45) is 2.83. The van der Waals surface area contributed by atoms with Gasteiger partial charge in [0.2, 0.25) is 0 Å². The van der Waals surface area contributed by atoms with Gasteiger partial charge in [-0.15, -0.1) is 11.8 Å². The van der Waals surface area contributed by atoms with Crippen LogP contribution in [0.15, 0.2) is 87.1 Å². The minimum absolute atomic E-state index is 0.189. The van der Waals surface area contributed by atoms with Gasteiger partial charge in [-0.1, -0.05) is 47.6 Å². The van der Waals surface area contributed by atoms with Gasteiger partial charge in [0, 0.05) is 21.2 Å². The van der Waals surface area contributed by atoms with Crippen molar-refractivity contribution in [2.75, 3.05) is 20.0 Å². The number of dihydropyridines is 1. The first-order chi connectivity index (χ1) is 17.4. The highest BCUT2D eigenvalue weighted by Gasteiger charge is 2.38. The number of nitrogens with one attached hydrogen (secondary N) is 1. The average Bonchev–Trinajstić information content (AvgIpc) is 2.90. The number of rotatable bonds is 10. The molecule has 0 aromatic heterocycles. The van der Waals surface area contributed by atoms with Crippen LogP contribution in [0.2, 0.25) is 0 Å². The summed E-state index contributed by atoms with van der Waals surface area (Å²) >= 11 is 1.57. The van der Waals surface area contributed by atoms with Crippen molar-refractivity contribution in [1.82, 2.24) is 5.32 Å². The summed E-state index contributed by atoms with van der Waals surface area (Å²) in [5.41, 5.74) is 12.8. The van der Waals surface area contributed by atoms with Crippen LogP contribution in [0.5, 0.6) is 0 Å². The number of thioether (sulfide) groups is 1. The van der Waals surface area contributed by atoms with Gasteiger partial charge < -0.3 is 14.8 Å². The van der Waals surface area contributed by atoms with Gasteiger partial charge in [-0.3, -0.25) is 0 Å². The van der Waals surface area contributed by atoms with Crippen molar-refractivity contribution < 1.29 is 19.1 Å². The SMILES string of the molecule is CCOC(=O)C1=C(CCC(N=[N+]=[N-])c2ccccc2)NC(C)=C(C(=O)OC)C1c1cccc(SC)c1. The van der Waals surface area contributed by atoms with Crippen LogP contribution in [0.3, 0.4) is 0 Å². The Morgan fingerprint density at radius 1 is 1.14 bits per heavy atom. The number of esters is 2. The molecule has 2 aromatic carbocycles.